The quantitative estimate of drug-likeness (QED) is 0.0322. The Labute approximate surface area is 279 Å². The predicted octanol–water partition coefficient (Wildman–Crippen LogP) is 10.2. The molecular weight excluding hydrogens is 558 g/mol. The van der Waals surface area contributed by atoms with E-state index < -0.39 is 12.4 Å². The van der Waals surface area contributed by atoms with E-state index in [1.165, 1.54) is 116 Å². The molecule has 4 N–H and O–H groups in total. The van der Waals surface area contributed by atoms with Crippen molar-refractivity contribution in [2.75, 3.05) is 13.7 Å². The first-order valence-electron chi connectivity index (χ1n) is 19.2. The lowest BCUT2D eigenvalue weighted by atomic mass is 10.1. The third-order valence-electron chi connectivity index (χ3n) is 8.70. The Morgan fingerprint density at radius 2 is 0.778 bits per heavy atom. The standard InChI is InChI=1S/C39H75N3O3/c1-4-6-8-10-12-14-16-18-20-22-24-26-28-30-32-34-37(44)41-39(36-43,40-3)42-38(45)35-33-31-29-27-25-23-21-19-17-15-13-11-9-7-5-2/h18-21,40,43H,4-17,22-36H2,1-3H3,(H,41,44)(H,42,45)/b20-18-,21-19-. The van der Waals surface area contributed by atoms with Crippen molar-refractivity contribution in [1.29, 1.82) is 0 Å². The summed E-state index contributed by atoms with van der Waals surface area (Å²) in [5.41, 5.74) is 0. The smallest absolute Gasteiger partial charge is 0.222 e. The van der Waals surface area contributed by atoms with Crippen LogP contribution in [0.3, 0.4) is 0 Å². The molecule has 0 saturated carbocycles. The molecule has 0 bridgehead atoms. The second kappa shape index (κ2) is 33.7. The summed E-state index contributed by atoms with van der Waals surface area (Å²) in [5.74, 6) is -1.62. The number of nitrogens with one attached hydrogen (secondary N) is 3. The minimum Gasteiger partial charge on any atom is -0.390 e. The molecule has 0 radical (unpaired) electrons. The van der Waals surface area contributed by atoms with Crippen molar-refractivity contribution in [3.8, 4) is 0 Å². The SMILES string of the molecule is CCCCCCCC/C=C\CCCCCCCC(=O)NC(CO)(NC)NC(=O)CCCCCCC/C=C\CCCCCCCC. The maximum absolute atomic E-state index is 12.6. The second-order valence-corrected chi connectivity index (χ2v) is 13.1. The van der Waals surface area contributed by atoms with Crippen LogP contribution in [0.5, 0.6) is 0 Å². The molecule has 0 aromatic heterocycles. The van der Waals surface area contributed by atoms with Gasteiger partial charge in [0.25, 0.3) is 0 Å². The van der Waals surface area contributed by atoms with Gasteiger partial charge in [-0.1, -0.05) is 141 Å². The molecule has 0 unspecified atom stereocenters. The number of rotatable bonds is 34. The van der Waals surface area contributed by atoms with Crippen LogP contribution in [-0.4, -0.2) is 36.4 Å². The average molecular weight is 634 g/mol. The first kappa shape index (κ1) is 43.3. The van der Waals surface area contributed by atoms with Crippen LogP contribution in [0.1, 0.15) is 194 Å². The Balaban J connectivity index is 3.85. The van der Waals surface area contributed by atoms with Gasteiger partial charge < -0.3 is 15.7 Å². The highest BCUT2D eigenvalue weighted by molar-refractivity contribution is 5.80. The summed E-state index contributed by atoms with van der Waals surface area (Å²) in [4.78, 5) is 25.1. The van der Waals surface area contributed by atoms with E-state index in [9.17, 15) is 14.7 Å². The third-order valence-corrected chi connectivity index (χ3v) is 8.70. The van der Waals surface area contributed by atoms with Crippen LogP contribution in [-0.2, 0) is 9.59 Å². The summed E-state index contributed by atoms with van der Waals surface area (Å²) < 4.78 is 0. The van der Waals surface area contributed by atoms with Gasteiger partial charge in [-0.05, 0) is 71.3 Å². The molecule has 6 heteroatoms. The van der Waals surface area contributed by atoms with Crippen LogP contribution in [0.15, 0.2) is 24.3 Å². The molecule has 0 aliphatic carbocycles. The van der Waals surface area contributed by atoms with Crippen molar-refractivity contribution < 1.29 is 14.7 Å². The largest absolute Gasteiger partial charge is 0.390 e. The van der Waals surface area contributed by atoms with Crippen LogP contribution < -0.4 is 16.0 Å². The van der Waals surface area contributed by atoms with Crippen LogP contribution in [0.2, 0.25) is 0 Å². The van der Waals surface area contributed by atoms with Gasteiger partial charge in [-0.25, -0.2) is 0 Å². The van der Waals surface area contributed by atoms with Crippen molar-refractivity contribution in [3.05, 3.63) is 24.3 Å². The summed E-state index contributed by atoms with van der Waals surface area (Å²) in [6.07, 6.45) is 41.8. The van der Waals surface area contributed by atoms with Gasteiger partial charge in [0.1, 0.15) is 0 Å². The van der Waals surface area contributed by atoms with Crippen molar-refractivity contribution in [2.24, 2.45) is 0 Å². The third kappa shape index (κ3) is 29.5. The van der Waals surface area contributed by atoms with Crippen LogP contribution in [0.4, 0.5) is 0 Å². The molecule has 0 spiro atoms. The normalized spacial score (nSPS) is 12.0. The zero-order chi connectivity index (χ0) is 33.1. The lowest BCUT2D eigenvalue weighted by molar-refractivity contribution is -0.129. The number of aliphatic hydroxyl groups excluding tert-OH is 1. The number of carbonyl (C=O) groups excluding carboxylic acids is 2. The molecule has 0 atom stereocenters. The zero-order valence-corrected chi connectivity index (χ0v) is 30.1. The maximum atomic E-state index is 12.6. The Morgan fingerprint density at radius 1 is 0.489 bits per heavy atom. The molecule has 2 amide bonds. The number of hydrogen-bond donors (Lipinski definition) is 4. The molecule has 0 heterocycles. The molecule has 0 aromatic rings. The number of unbranched alkanes of at least 4 members (excludes halogenated alkanes) is 22. The Hall–Kier alpha value is -1.66. The first-order valence-corrected chi connectivity index (χ1v) is 19.2. The minimum absolute atomic E-state index is 0.155. The lowest BCUT2D eigenvalue weighted by Gasteiger charge is -2.33. The van der Waals surface area contributed by atoms with Gasteiger partial charge in [0.2, 0.25) is 11.8 Å². The lowest BCUT2D eigenvalue weighted by Crippen LogP contribution is -2.70. The molecule has 264 valence electrons. The molecular formula is C39H75N3O3. The van der Waals surface area contributed by atoms with Crippen LogP contribution in [0, 0.1) is 0 Å². The molecule has 0 fully saturated rings. The van der Waals surface area contributed by atoms with E-state index in [0.29, 0.717) is 12.8 Å². The zero-order valence-electron chi connectivity index (χ0n) is 30.1. The van der Waals surface area contributed by atoms with Crippen LogP contribution >= 0.6 is 0 Å². The van der Waals surface area contributed by atoms with Crippen molar-refractivity contribution in [2.45, 2.75) is 199 Å². The van der Waals surface area contributed by atoms with E-state index in [1.807, 2.05) is 0 Å². The number of likely N-dealkylation sites (N-methyl/N-ethyl adjacent to an activating group) is 1. The van der Waals surface area contributed by atoms with Gasteiger partial charge in [0.15, 0.2) is 5.79 Å². The maximum Gasteiger partial charge on any atom is 0.222 e. The average Bonchev–Trinajstić information content (AvgIpc) is 3.04. The highest BCUT2D eigenvalue weighted by Crippen LogP contribution is 2.12. The first-order chi connectivity index (χ1) is 22.0. The molecule has 0 aliphatic heterocycles. The monoisotopic (exact) mass is 634 g/mol. The predicted molar refractivity (Wildman–Crippen MR) is 194 cm³/mol. The van der Waals surface area contributed by atoms with Gasteiger partial charge in [0, 0.05) is 12.8 Å². The molecule has 0 rings (SSSR count). The number of amides is 2. The molecule has 0 aliphatic rings. The number of carbonyl (C=O) groups is 2. The molecule has 0 aromatic carbocycles. The fourth-order valence-corrected chi connectivity index (χ4v) is 5.63. The van der Waals surface area contributed by atoms with Gasteiger partial charge in [-0.3, -0.25) is 14.9 Å². The van der Waals surface area contributed by atoms with E-state index in [4.69, 9.17) is 0 Å². The van der Waals surface area contributed by atoms with Gasteiger partial charge in [0.05, 0.1) is 6.61 Å². The summed E-state index contributed by atoms with van der Waals surface area (Å²) in [6, 6.07) is 0. The number of allylic oxidation sites excluding steroid dienone is 4. The Bertz CT molecular complexity index is 662. The van der Waals surface area contributed by atoms with Gasteiger partial charge in [-0.2, -0.15) is 0 Å². The van der Waals surface area contributed by atoms with E-state index in [2.05, 4.69) is 54.1 Å². The number of aliphatic hydroxyl groups is 1. The summed E-state index contributed by atoms with van der Waals surface area (Å²) in [5, 5.41) is 18.5. The minimum atomic E-state index is -1.31. The highest BCUT2D eigenvalue weighted by atomic mass is 16.3. The molecule has 45 heavy (non-hydrogen) atoms. The molecule has 0 saturated heterocycles. The van der Waals surface area contributed by atoms with Crippen molar-refractivity contribution >= 4 is 11.8 Å². The van der Waals surface area contributed by atoms with E-state index in [-0.39, 0.29) is 11.8 Å². The summed E-state index contributed by atoms with van der Waals surface area (Å²) in [6.45, 7) is 4.12. The summed E-state index contributed by atoms with van der Waals surface area (Å²) in [7, 11) is 1.64. The van der Waals surface area contributed by atoms with Crippen LogP contribution in [0.25, 0.3) is 0 Å². The van der Waals surface area contributed by atoms with Crippen molar-refractivity contribution in [1.82, 2.24) is 16.0 Å². The summed E-state index contributed by atoms with van der Waals surface area (Å²) >= 11 is 0. The van der Waals surface area contributed by atoms with E-state index >= 15 is 0 Å². The Morgan fingerprint density at radius 3 is 1.07 bits per heavy atom. The van der Waals surface area contributed by atoms with E-state index in [1.54, 1.807) is 7.05 Å². The Kier molecular flexibility index (Phi) is 32.5. The fourth-order valence-electron chi connectivity index (χ4n) is 5.63. The molecule has 6 nitrogen and oxygen atoms in total. The fraction of sp³-hybridized carbons (Fsp3) is 0.846. The topological polar surface area (TPSA) is 90.5 Å². The number of hydrogen-bond acceptors (Lipinski definition) is 4. The van der Waals surface area contributed by atoms with Crippen molar-refractivity contribution in [3.63, 3.8) is 0 Å². The van der Waals surface area contributed by atoms with E-state index in [0.717, 1.165) is 51.4 Å². The van der Waals surface area contributed by atoms with Gasteiger partial charge in [-0.15, -0.1) is 0 Å². The second-order valence-electron chi connectivity index (χ2n) is 13.1. The van der Waals surface area contributed by atoms with Gasteiger partial charge >= 0.3 is 0 Å². The highest BCUT2D eigenvalue weighted by Gasteiger charge is 2.30.